The molecule has 2 rings (SSSR count). The van der Waals surface area contributed by atoms with Crippen molar-refractivity contribution in [2.75, 3.05) is 13.7 Å². The molecule has 1 aromatic rings. The summed E-state index contributed by atoms with van der Waals surface area (Å²) in [4.78, 5) is 64.1. The molecule has 4 N–H and O–H groups in total. The van der Waals surface area contributed by atoms with Gasteiger partial charge in [0.25, 0.3) is 0 Å². The van der Waals surface area contributed by atoms with Gasteiger partial charge >= 0.3 is 12.0 Å². The van der Waals surface area contributed by atoms with Crippen molar-refractivity contribution < 1.29 is 28.7 Å². The van der Waals surface area contributed by atoms with E-state index < -0.39 is 30.0 Å². The normalized spacial score (nSPS) is 20.7. The molecule has 1 aliphatic rings. The second-order valence-corrected chi connectivity index (χ2v) is 10.9. The lowest BCUT2D eigenvalue weighted by atomic mass is 9.90. The second kappa shape index (κ2) is 16.4. The maximum atomic E-state index is 13.7. The van der Waals surface area contributed by atoms with E-state index in [4.69, 9.17) is 4.74 Å². The number of ether oxygens (including phenoxy) is 1. The Kier molecular flexibility index (Phi) is 13.4. The molecule has 40 heavy (non-hydrogen) atoms. The molecule has 220 valence electrons. The van der Waals surface area contributed by atoms with E-state index in [1.165, 1.54) is 13.2 Å². The van der Waals surface area contributed by atoms with Gasteiger partial charge in [0, 0.05) is 31.0 Å². The van der Waals surface area contributed by atoms with Crippen LogP contribution in [0.4, 0.5) is 4.79 Å². The van der Waals surface area contributed by atoms with Gasteiger partial charge < -0.3 is 26.0 Å². The third-order valence-electron chi connectivity index (χ3n) is 6.96. The molecule has 10 heteroatoms. The van der Waals surface area contributed by atoms with Crippen molar-refractivity contribution >= 4 is 29.6 Å². The Morgan fingerprint density at radius 3 is 2.35 bits per heavy atom. The van der Waals surface area contributed by atoms with Gasteiger partial charge in [0.15, 0.2) is 5.78 Å². The van der Waals surface area contributed by atoms with E-state index in [9.17, 15) is 24.0 Å². The third-order valence-corrected chi connectivity index (χ3v) is 6.96. The number of amides is 4. The summed E-state index contributed by atoms with van der Waals surface area (Å²) in [5, 5.41) is 11.2. The smallest absolute Gasteiger partial charge is 0.328 e. The van der Waals surface area contributed by atoms with E-state index in [1.54, 1.807) is 19.9 Å². The lowest BCUT2D eigenvalue weighted by Gasteiger charge is -2.26. The molecule has 0 aliphatic carbocycles. The number of benzene rings is 1. The van der Waals surface area contributed by atoms with Gasteiger partial charge in [-0.05, 0) is 36.7 Å². The zero-order chi connectivity index (χ0) is 29.7. The van der Waals surface area contributed by atoms with Gasteiger partial charge in [-0.1, -0.05) is 70.5 Å². The molecule has 4 atom stereocenters. The lowest BCUT2D eigenvalue weighted by Crippen LogP contribution is -2.53. The van der Waals surface area contributed by atoms with Crippen LogP contribution in [0.3, 0.4) is 0 Å². The van der Waals surface area contributed by atoms with Crippen molar-refractivity contribution in [1.82, 2.24) is 21.3 Å². The van der Waals surface area contributed by atoms with E-state index in [-0.39, 0.29) is 48.3 Å². The standard InChI is InChI=1S/C30H44N4O6/c1-19(2)23-14-15-26(36)31-16-10-9-13-22(28(37)32-23)18-25(35)24(17-21-11-7-6-8-12-21)33-30(39)34-27(20(3)4)29(38)40-5/h6-8,11-12,14-15,19-20,22-24,27H,9-10,13,16-18H2,1-5H3,(H,31,36)(H,32,37)(H2,33,34,39)/b15-14+/t22-,23-,24+,27+/m1/s1. The number of carbonyl (C=O) groups is 5. The zero-order valence-electron chi connectivity index (χ0n) is 24.2. The predicted molar refractivity (Wildman–Crippen MR) is 152 cm³/mol. The van der Waals surface area contributed by atoms with Gasteiger partial charge in [0.1, 0.15) is 6.04 Å². The fourth-order valence-electron chi connectivity index (χ4n) is 4.47. The van der Waals surface area contributed by atoms with Crippen LogP contribution < -0.4 is 21.3 Å². The van der Waals surface area contributed by atoms with E-state index in [0.29, 0.717) is 25.8 Å². The van der Waals surface area contributed by atoms with Crippen LogP contribution in [0.5, 0.6) is 0 Å². The lowest BCUT2D eigenvalue weighted by molar-refractivity contribution is -0.144. The summed E-state index contributed by atoms with van der Waals surface area (Å²) in [6.45, 7) is 7.92. The highest BCUT2D eigenvalue weighted by Crippen LogP contribution is 2.18. The van der Waals surface area contributed by atoms with E-state index in [0.717, 1.165) is 5.56 Å². The molecule has 1 aliphatic heterocycles. The maximum absolute atomic E-state index is 13.7. The zero-order valence-corrected chi connectivity index (χ0v) is 24.2. The SMILES string of the molecule is COC(=O)[C@@H](NC(=O)N[C@@H](Cc1ccccc1)C(=O)C[C@H]1CCCCNC(=O)/C=C/[C@H](C(C)C)NC1=O)C(C)C. The molecule has 0 saturated heterocycles. The Morgan fingerprint density at radius 2 is 1.73 bits per heavy atom. The number of Topliss-reactive ketones (excluding diaryl/α,β-unsaturated/α-hetero) is 1. The number of carbonyl (C=O) groups excluding carboxylic acids is 5. The predicted octanol–water partition coefficient (Wildman–Crippen LogP) is 2.67. The van der Waals surface area contributed by atoms with Crippen LogP contribution >= 0.6 is 0 Å². The fourth-order valence-corrected chi connectivity index (χ4v) is 4.47. The third kappa shape index (κ3) is 10.8. The Balaban J connectivity index is 2.24. The average Bonchev–Trinajstić information content (AvgIpc) is 2.91. The fraction of sp³-hybridized carbons (Fsp3) is 0.567. The van der Waals surface area contributed by atoms with Crippen molar-refractivity contribution in [3.05, 3.63) is 48.0 Å². The molecule has 0 saturated carbocycles. The molecule has 4 amide bonds. The quantitative estimate of drug-likeness (QED) is 0.327. The van der Waals surface area contributed by atoms with Gasteiger partial charge in [-0.25, -0.2) is 9.59 Å². The van der Waals surface area contributed by atoms with Crippen molar-refractivity contribution in [3.8, 4) is 0 Å². The minimum absolute atomic E-state index is 0.0344. The first-order chi connectivity index (χ1) is 19.0. The first-order valence-electron chi connectivity index (χ1n) is 14.0. The number of nitrogens with one attached hydrogen (secondary N) is 4. The highest BCUT2D eigenvalue weighted by atomic mass is 16.5. The molecule has 0 radical (unpaired) electrons. The Hall–Kier alpha value is -3.69. The number of ketones is 1. The molecule has 10 nitrogen and oxygen atoms in total. The molecule has 1 aromatic carbocycles. The van der Waals surface area contributed by atoms with Gasteiger partial charge in [-0.3, -0.25) is 14.4 Å². The summed E-state index contributed by atoms with van der Waals surface area (Å²) in [5.41, 5.74) is 0.846. The van der Waals surface area contributed by atoms with Gasteiger partial charge in [-0.2, -0.15) is 0 Å². The highest BCUT2D eigenvalue weighted by Gasteiger charge is 2.31. The molecule has 0 fully saturated rings. The van der Waals surface area contributed by atoms with Gasteiger partial charge in [-0.15, -0.1) is 0 Å². The van der Waals surface area contributed by atoms with E-state index in [1.807, 2.05) is 44.2 Å². The van der Waals surface area contributed by atoms with Crippen LogP contribution in [0, 0.1) is 17.8 Å². The largest absolute Gasteiger partial charge is 0.467 e. The summed E-state index contributed by atoms with van der Waals surface area (Å²) in [6, 6.07) is 6.46. The molecule has 0 spiro atoms. The second-order valence-electron chi connectivity index (χ2n) is 10.9. The minimum atomic E-state index is -0.915. The molecule has 0 aromatic heterocycles. The van der Waals surface area contributed by atoms with Crippen LogP contribution in [0.1, 0.15) is 58.9 Å². The molecule has 0 unspecified atom stereocenters. The Bertz CT molecular complexity index is 1040. The van der Waals surface area contributed by atoms with Gasteiger partial charge in [0.2, 0.25) is 11.8 Å². The van der Waals surface area contributed by atoms with Crippen LogP contribution in [0.25, 0.3) is 0 Å². The number of hydrogen-bond acceptors (Lipinski definition) is 6. The number of hydrogen-bond donors (Lipinski definition) is 4. The molecular weight excluding hydrogens is 512 g/mol. The number of urea groups is 1. The Labute approximate surface area is 237 Å². The Morgan fingerprint density at radius 1 is 1.02 bits per heavy atom. The summed E-state index contributed by atoms with van der Waals surface area (Å²) < 4.78 is 4.80. The van der Waals surface area contributed by atoms with Crippen LogP contribution in [-0.4, -0.2) is 61.4 Å². The molecule has 1 heterocycles. The summed E-state index contributed by atoms with van der Waals surface area (Å²) in [5.74, 6) is -2.11. The first-order valence-corrected chi connectivity index (χ1v) is 14.0. The average molecular weight is 557 g/mol. The molecular formula is C30H44N4O6. The van der Waals surface area contributed by atoms with Crippen LogP contribution in [0.2, 0.25) is 0 Å². The van der Waals surface area contributed by atoms with Gasteiger partial charge in [0.05, 0.1) is 13.2 Å². The van der Waals surface area contributed by atoms with Crippen molar-refractivity contribution in [2.24, 2.45) is 17.8 Å². The monoisotopic (exact) mass is 556 g/mol. The minimum Gasteiger partial charge on any atom is -0.467 e. The van der Waals surface area contributed by atoms with Crippen molar-refractivity contribution in [2.45, 2.75) is 77.9 Å². The number of methoxy groups -OCH3 is 1. The summed E-state index contributed by atoms with van der Waals surface area (Å²) >= 11 is 0. The van der Waals surface area contributed by atoms with Crippen molar-refractivity contribution in [3.63, 3.8) is 0 Å². The first kappa shape index (κ1) is 32.5. The molecule has 0 bridgehead atoms. The number of esters is 1. The topological polar surface area (TPSA) is 143 Å². The van der Waals surface area contributed by atoms with Crippen molar-refractivity contribution in [1.29, 1.82) is 0 Å². The van der Waals surface area contributed by atoms with E-state index in [2.05, 4.69) is 21.3 Å². The van der Waals surface area contributed by atoms with Crippen LogP contribution in [-0.2, 0) is 30.3 Å². The van der Waals surface area contributed by atoms with E-state index >= 15 is 0 Å². The highest BCUT2D eigenvalue weighted by molar-refractivity contribution is 5.93. The van der Waals surface area contributed by atoms with Crippen LogP contribution in [0.15, 0.2) is 42.5 Å². The summed E-state index contributed by atoms with van der Waals surface area (Å²) in [6.07, 6.45) is 5.06. The summed E-state index contributed by atoms with van der Waals surface area (Å²) in [7, 11) is 1.25. The maximum Gasteiger partial charge on any atom is 0.328 e. The number of rotatable bonds is 10.